The van der Waals surface area contributed by atoms with E-state index in [1.807, 2.05) is 0 Å². The van der Waals surface area contributed by atoms with Crippen LogP contribution in [0.4, 0.5) is 13.2 Å². The van der Waals surface area contributed by atoms with Crippen molar-refractivity contribution < 1.29 is 35.3 Å². The minimum absolute atomic E-state index is 0.0634. The molecule has 0 amide bonds. The topological polar surface area (TPSA) is 109 Å². The summed E-state index contributed by atoms with van der Waals surface area (Å²) in [7, 11) is 12.4. The van der Waals surface area contributed by atoms with Crippen LogP contribution < -0.4 is 5.73 Å². The third-order valence-corrected chi connectivity index (χ3v) is 5.80. The standard InChI is InChI=1S/C17H10B3F3N2O5S/c18-15(10-6-7-11(25-8-10)17(21,22)23)13(26)12(14(24)29-15)30-31(27,28)16(19,20)9-4-2-1-3-5-9/h1-8H,24H2/t15-/m0/s1. The van der Waals surface area contributed by atoms with Crippen molar-refractivity contribution in [1.29, 1.82) is 0 Å². The van der Waals surface area contributed by atoms with E-state index in [1.54, 1.807) is 6.07 Å². The predicted octanol–water partition coefficient (Wildman–Crippen LogP) is 0.643. The lowest BCUT2D eigenvalue weighted by Gasteiger charge is -2.26. The monoisotopic (exact) mass is 444 g/mol. The summed E-state index contributed by atoms with van der Waals surface area (Å²) in [5, 5.41) is 0. The molecule has 3 rings (SSSR count). The number of aromatic nitrogens is 1. The van der Waals surface area contributed by atoms with Gasteiger partial charge in [-0.15, -0.1) is 0 Å². The molecular formula is C17H10B3F3N2O5S. The first-order valence-corrected chi connectivity index (χ1v) is 9.74. The number of Topliss-reactive ketones (excluding diaryl/α,β-unsaturated/α-hetero) is 1. The third-order valence-electron chi connectivity index (χ3n) is 4.35. The Labute approximate surface area is 179 Å². The Bertz CT molecular complexity index is 1160. The smallest absolute Gasteiger partial charge is 0.433 e. The lowest BCUT2D eigenvalue weighted by Crippen LogP contribution is -2.40. The van der Waals surface area contributed by atoms with E-state index >= 15 is 0 Å². The molecule has 14 heteroatoms. The molecule has 31 heavy (non-hydrogen) atoms. The van der Waals surface area contributed by atoms with Gasteiger partial charge < -0.3 is 14.7 Å². The second-order valence-electron chi connectivity index (χ2n) is 6.49. The van der Waals surface area contributed by atoms with Gasteiger partial charge in [-0.1, -0.05) is 36.4 Å². The van der Waals surface area contributed by atoms with Crippen LogP contribution in [0.25, 0.3) is 0 Å². The molecule has 1 aromatic heterocycles. The van der Waals surface area contributed by atoms with Crippen molar-refractivity contribution in [3.05, 3.63) is 77.1 Å². The lowest BCUT2D eigenvalue weighted by molar-refractivity contribution is -0.141. The van der Waals surface area contributed by atoms with Gasteiger partial charge in [-0.05, 0) is 11.6 Å². The summed E-state index contributed by atoms with van der Waals surface area (Å²) in [6.45, 7) is 0. The van der Waals surface area contributed by atoms with E-state index in [2.05, 4.69) is 4.98 Å². The Morgan fingerprint density at radius 1 is 1.10 bits per heavy atom. The molecular weight excluding hydrogens is 434 g/mol. The molecule has 154 valence electrons. The molecule has 1 aromatic carbocycles. The Morgan fingerprint density at radius 2 is 1.71 bits per heavy atom. The lowest BCUT2D eigenvalue weighted by atomic mass is 9.65. The van der Waals surface area contributed by atoms with Crippen LogP contribution in [-0.2, 0) is 40.1 Å². The molecule has 0 saturated carbocycles. The van der Waals surface area contributed by atoms with Crippen LogP contribution in [0.2, 0.25) is 0 Å². The Balaban J connectivity index is 1.91. The van der Waals surface area contributed by atoms with Gasteiger partial charge in [0.2, 0.25) is 17.4 Å². The number of carbonyl (C=O) groups excluding carboxylic acids is 1. The van der Waals surface area contributed by atoms with Gasteiger partial charge >= 0.3 is 16.3 Å². The van der Waals surface area contributed by atoms with Crippen molar-refractivity contribution in [1.82, 2.24) is 4.98 Å². The zero-order valence-electron chi connectivity index (χ0n) is 15.5. The average molecular weight is 444 g/mol. The summed E-state index contributed by atoms with van der Waals surface area (Å²) >= 11 is 0. The van der Waals surface area contributed by atoms with E-state index in [0.29, 0.717) is 12.3 Å². The molecule has 7 nitrogen and oxygen atoms in total. The summed E-state index contributed by atoms with van der Waals surface area (Å²) in [6.07, 6.45) is -4.09. The van der Waals surface area contributed by atoms with Gasteiger partial charge in [0.05, 0.1) is 20.2 Å². The van der Waals surface area contributed by atoms with Crippen molar-refractivity contribution in [3.63, 3.8) is 0 Å². The minimum Gasteiger partial charge on any atom is -0.467 e. The molecule has 6 radical (unpaired) electrons. The SMILES string of the molecule is [B]C([B])(c1ccccc1)S(=O)(=O)OC1=C(N)O[C@@]([B])(c2ccc(C(F)(F)F)nc2)C1=O. The molecule has 2 aromatic rings. The van der Waals surface area contributed by atoms with Crippen molar-refractivity contribution in [2.24, 2.45) is 5.73 Å². The number of nitrogens with two attached hydrogens (primary N) is 1. The Kier molecular flexibility index (Phi) is 5.41. The number of alkyl halides is 3. The van der Waals surface area contributed by atoms with Crippen LogP contribution >= 0.6 is 0 Å². The largest absolute Gasteiger partial charge is 0.467 e. The maximum absolute atomic E-state index is 12.8. The number of hydrogen-bond donors (Lipinski definition) is 1. The molecule has 1 aliphatic rings. The van der Waals surface area contributed by atoms with Gasteiger partial charge in [-0.3, -0.25) is 9.78 Å². The summed E-state index contributed by atoms with van der Waals surface area (Å²) in [5.74, 6) is -3.16. The number of benzene rings is 1. The fourth-order valence-corrected chi connectivity index (χ4v) is 3.56. The summed E-state index contributed by atoms with van der Waals surface area (Å²) in [5.41, 5.74) is 1.43. The first-order valence-electron chi connectivity index (χ1n) is 8.33. The molecule has 0 aliphatic carbocycles. The number of nitrogens with zero attached hydrogens (tertiary/aromatic N) is 1. The van der Waals surface area contributed by atoms with Gasteiger partial charge in [0.15, 0.2) is 5.50 Å². The van der Waals surface area contributed by atoms with E-state index in [9.17, 15) is 26.4 Å². The summed E-state index contributed by atoms with van der Waals surface area (Å²) in [6, 6.07) is 8.55. The molecule has 2 N–H and O–H groups in total. The molecule has 1 aliphatic heterocycles. The highest BCUT2D eigenvalue weighted by Gasteiger charge is 2.50. The quantitative estimate of drug-likeness (QED) is 0.533. The normalized spacial score (nSPS) is 19.9. The fourth-order valence-electron chi connectivity index (χ4n) is 2.62. The molecule has 0 unspecified atom stereocenters. The van der Waals surface area contributed by atoms with Crippen molar-refractivity contribution >= 4 is 39.4 Å². The van der Waals surface area contributed by atoms with Gasteiger partial charge in [0.1, 0.15) is 13.5 Å². The second-order valence-corrected chi connectivity index (χ2v) is 8.24. The third kappa shape index (κ3) is 3.91. The van der Waals surface area contributed by atoms with Crippen molar-refractivity contribution in [2.75, 3.05) is 0 Å². The fraction of sp³-hybridized carbons (Fsp3) is 0.176. The van der Waals surface area contributed by atoms with E-state index in [4.69, 9.17) is 38.2 Å². The van der Waals surface area contributed by atoms with Crippen LogP contribution in [0.15, 0.2) is 60.3 Å². The van der Waals surface area contributed by atoms with E-state index < -0.39 is 49.5 Å². The van der Waals surface area contributed by atoms with Gasteiger partial charge in [0.25, 0.3) is 0 Å². The summed E-state index contributed by atoms with van der Waals surface area (Å²) < 4.78 is 70.6. The number of hydrogen-bond acceptors (Lipinski definition) is 7. The van der Waals surface area contributed by atoms with Crippen LogP contribution in [0, 0.1) is 0 Å². The number of ketones is 1. The second kappa shape index (κ2) is 7.36. The van der Waals surface area contributed by atoms with Crippen LogP contribution in [0.5, 0.6) is 0 Å². The zero-order chi connectivity index (χ0) is 23.2. The van der Waals surface area contributed by atoms with E-state index in [0.717, 1.165) is 6.07 Å². The van der Waals surface area contributed by atoms with Gasteiger partial charge in [0, 0.05) is 11.8 Å². The van der Waals surface area contributed by atoms with E-state index in [1.165, 1.54) is 24.3 Å². The van der Waals surface area contributed by atoms with Crippen LogP contribution in [-0.4, -0.2) is 42.7 Å². The van der Waals surface area contributed by atoms with Crippen LogP contribution in [0.1, 0.15) is 16.8 Å². The molecule has 2 heterocycles. The number of carbonyl (C=O) groups is 1. The number of rotatable bonds is 5. The predicted molar refractivity (Wildman–Crippen MR) is 104 cm³/mol. The van der Waals surface area contributed by atoms with E-state index in [-0.39, 0.29) is 11.1 Å². The number of halogens is 3. The first-order chi connectivity index (χ1) is 14.2. The maximum Gasteiger partial charge on any atom is 0.433 e. The molecule has 0 spiro atoms. The van der Waals surface area contributed by atoms with Crippen molar-refractivity contribution in [3.8, 4) is 0 Å². The van der Waals surface area contributed by atoms with Crippen molar-refractivity contribution in [2.45, 2.75) is 16.2 Å². The van der Waals surface area contributed by atoms with Crippen LogP contribution in [0.3, 0.4) is 0 Å². The Morgan fingerprint density at radius 3 is 2.23 bits per heavy atom. The summed E-state index contributed by atoms with van der Waals surface area (Å²) in [4.78, 5) is 15.9. The number of ether oxygens (including phenoxy) is 1. The van der Waals surface area contributed by atoms with Gasteiger partial charge in [-0.25, -0.2) is 0 Å². The molecule has 1 atom stereocenters. The minimum atomic E-state index is -4.92. The molecule has 0 fully saturated rings. The average Bonchev–Trinajstić information content (AvgIpc) is 2.91. The molecule has 0 bridgehead atoms. The van der Waals surface area contributed by atoms with Gasteiger partial charge in [-0.2, -0.15) is 21.6 Å². The zero-order valence-corrected chi connectivity index (χ0v) is 16.3. The highest BCUT2D eigenvalue weighted by atomic mass is 32.2. The maximum atomic E-state index is 12.8. The number of pyridine rings is 1. The highest BCUT2D eigenvalue weighted by Crippen LogP contribution is 2.38. The molecule has 0 saturated heterocycles. The highest BCUT2D eigenvalue weighted by molar-refractivity contribution is 7.90. The first kappa shape index (κ1) is 22.8. The Hall–Kier alpha value is -2.89.